The van der Waals surface area contributed by atoms with E-state index in [2.05, 4.69) is 25.9 Å². The smallest absolute Gasteiger partial charge is 0.206 e. The number of benzene rings is 2. The van der Waals surface area contributed by atoms with Gasteiger partial charge in [0, 0.05) is 22.7 Å². The molecule has 0 unspecified atom stereocenters. The highest BCUT2D eigenvalue weighted by atomic mass is 35.5. The molecule has 31 heavy (non-hydrogen) atoms. The Morgan fingerprint density at radius 3 is 2.58 bits per heavy atom. The summed E-state index contributed by atoms with van der Waals surface area (Å²) in [5, 5.41) is 16.3. The van der Waals surface area contributed by atoms with E-state index in [0.717, 1.165) is 43.0 Å². The molecule has 0 saturated carbocycles. The molecule has 4 rings (SSSR count). The van der Waals surface area contributed by atoms with Gasteiger partial charge in [-0.25, -0.2) is 4.98 Å². The lowest BCUT2D eigenvalue weighted by Gasteiger charge is -2.03. The molecule has 1 N–H and O–H groups in total. The average molecular weight is 491 g/mol. The van der Waals surface area contributed by atoms with Crippen molar-refractivity contribution in [1.29, 1.82) is 0 Å². The number of thiazole rings is 1. The van der Waals surface area contributed by atoms with Crippen LogP contribution in [0.5, 0.6) is 11.5 Å². The highest BCUT2D eigenvalue weighted by Crippen LogP contribution is 2.29. The molecule has 0 saturated heterocycles. The van der Waals surface area contributed by atoms with E-state index in [-0.39, 0.29) is 0 Å². The Morgan fingerprint density at radius 2 is 1.81 bits per heavy atom. The summed E-state index contributed by atoms with van der Waals surface area (Å²) in [4.78, 5) is 4.63. The zero-order valence-corrected chi connectivity index (χ0v) is 19.8. The molecule has 2 aromatic heterocycles. The zero-order valence-electron chi connectivity index (χ0n) is 16.6. The normalized spacial score (nSPS) is 10.8. The molecule has 4 aromatic rings. The number of nitrogens with zero attached hydrogens (tertiary/aromatic N) is 3. The van der Waals surface area contributed by atoms with Gasteiger partial charge in [-0.15, -0.1) is 21.5 Å². The van der Waals surface area contributed by atoms with Crippen molar-refractivity contribution in [2.75, 3.05) is 12.4 Å². The van der Waals surface area contributed by atoms with Gasteiger partial charge in [0.05, 0.1) is 12.8 Å². The molecule has 0 aliphatic rings. The SMILES string of the molecule is COc1ccc(CNc2nnc(SCc3csc(COc4ccc(Cl)cc4)n3)s2)cc1. The van der Waals surface area contributed by atoms with Gasteiger partial charge in [0.15, 0.2) is 4.34 Å². The topological polar surface area (TPSA) is 69.2 Å². The molecule has 160 valence electrons. The van der Waals surface area contributed by atoms with Crippen LogP contribution in [0.3, 0.4) is 0 Å². The number of hydrogen-bond donors (Lipinski definition) is 1. The van der Waals surface area contributed by atoms with Gasteiger partial charge in [0.2, 0.25) is 5.13 Å². The van der Waals surface area contributed by atoms with E-state index in [4.69, 9.17) is 21.1 Å². The van der Waals surface area contributed by atoms with Crippen molar-refractivity contribution in [1.82, 2.24) is 15.2 Å². The summed E-state index contributed by atoms with van der Waals surface area (Å²) in [5.74, 6) is 2.36. The lowest BCUT2D eigenvalue weighted by atomic mass is 10.2. The van der Waals surface area contributed by atoms with Crippen molar-refractivity contribution in [3.05, 3.63) is 75.2 Å². The highest BCUT2D eigenvalue weighted by Gasteiger charge is 2.08. The Morgan fingerprint density at radius 1 is 1.03 bits per heavy atom. The minimum Gasteiger partial charge on any atom is -0.497 e. The second-order valence-corrected chi connectivity index (χ2v) is 9.92. The molecule has 0 radical (unpaired) electrons. The van der Waals surface area contributed by atoms with Gasteiger partial charge < -0.3 is 14.8 Å². The number of aromatic nitrogens is 3. The number of ether oxygens (including phenoxy) is 2. The molecule has 0 aliphatic carbocycles. The maximum atomic E-state index is 5.89. The van der Waals surface area contributed by atoms with Gasteiger partial charge in [-0.3, -0.25) is 0 Å². The van der Waals surface area contributed by atoms with Crippen LogP contribution in [0.25, 0.3) is 0 Å². The van der Waals surface area contributed by atoms with Crippen molar-refractivity contribution in [2.45, 2.75) is 23.2 Å². The van der Waals surface area contributed by atoms with Crippen LogP contribution < -0.4 is 14.8 Å². The number of anilines is 1. The quantitative estimate of drug-likeness (QED) is 0.268. The summed E-state index contributed by atoms with van der Waals surface area (Å²) in [6.07, 6.45) is 0. The number of nitrogens with one attached hydrogen (secondary N) is 1. The fourth-order valence-corrected chi connectivity index (χ4v) is 5.13. The Hall–Kier alpha value is -2.33. The third kappa shape index (κ3) is 6.57. The molecule has 2 heterocycles. The standard InChI is InChI=1S/C21H19ClN4O2S3/c1-27-17-6-2-14(3-7-17)10-23-20-25-26-21(31-20)30-13-16-12-29-19(24-16)11-28-18-8-4-15(22)5-9-18/h2-9,12H,10-11,13H2,1H3,(H,23,25). The third-order valence-electron chi connectivity index (χ3n) is 4.13. The number of methoxy groups -OCH3 is 1. The summed E-state index contributed by atoms with van der Waals surface area (Å²) in [5.41, 5.74) is 2.16. The van der Waals surface area contributed by atoms with Crippen molar-refractivity contribution < 1.29 is 9.47 Å². The van der Waals surface area contributed by atoms with Crippen LogP contribution in [0.1, 0.15) is 16.3 Å². The summed E-state index contributed by atoms with van der Waals surface area (Å²) >= 11 is 10.6. The van der Waals surface area contributed by atoms with Gasteiger partial charge in [-0.05, 0) is 42.0 Å². The fourth-order valence-electron chi connectivity index (χ4n) is 2.55. The Kier molecular flexibility index (Phi) is 7.63. The minimum atomic E-state index is 0.440. The van der Waals surface area contributed by atoms with Crippen molar-refractivity contribution >= 4 is 51.2 Å². The highest BCUT2D eigenvalue weighted by molar-refractivity contribution is 8.00. The fraction of sp³-hybridized carbons (Fsp3) is 0.190. The second kappa shape index (κ2) is 10.8. The first kappa shape index (κ1) is 21.9. The van der Waals surface area contributed by atoms with Gasteiger partial charge in [0.25, 0.3) is 0 Å². The first-order valence-electron chi connectivity index (χ1n) is 9.33. The lowest BCUT2D eigenvalue weighted by molar-refractivity contribution is 0.305. The first-order chi connectivity index (χ1) is 15.2. The van der Waals surface area contributed by atoms with Crippen molar-refractivity contribution in [3.63, 3.8) is 0 Å². The third-order valence-corrected chi connectivity index (χ3v) is 7.30. The minimum absolute atomic E-state index is 0.440. The average Bonchev–Trinajstić information content (AvgIpc) is 3.45. The first-order valence-corrected chi connectivity index (χ1v) is 12.4. The number of thioether (sulfide) groups is 1. The number of rotatable bonds is 10. The molecule has 6 nitrogen and oxygen atoms in total. The van der Waals surface area contributed by atoms with E-state index >= 15 is 0 Å². The lowest BCUT2D eigenvalue weighted by Crippen LogP contribution is -1.98. The molecule has 2 aromatic carbocycles. The van der Waals surface area contributed by atoms with Crippen LogP contribution in [-0.2, 0) is 18.9 Å². The summed E-state index contributed by atoms with van der Waals surface area (Å²) in [6.45, 7) is 1.13. The van der Waals surface area contributed by atoms with Crippen LogP contribution in [0, 0.1) is 0 Å². The molecule has 0 spiro atoms. The molecule has 0 aliphatic heterocycles. The number of hydrogen-bond acceptors (Lipinski definition) is 9. The second-order valence-electron chi connectivity index (χ2n) is 6.34. The maximum Gasteiger partial charge on any atom is 0.206 e. The maximum absolute atomic E-state index is 5.89. The van der Waals surface area contributed by atoms with Crippen LogP contribution in [-0.4, -0.2) is 22.3 Å². The van der Waals surface area contributed by atoms with E-state index in [1.807, 2.05) is 48.5 Å². The van der Waals surface area contributed by atoms with Gasteiger partial charge in [-0.1, -0.05) is 46.8 Å². The molecule has 0 amide bonds. The summed E-state index contributed by atoms with van der Waals surface area (Å²) in [7, 11) is 1.66. The van der Waals surface area contributed by atoms with E-state index in [1.54, 1.807) is 30.2 Å². The van der Waals surface area contributed by atoms with E-state index in [9.17, 15) is 0 Å². The molecule has 0 atom stereocenters. The van der Waals surface area contributed by atoms with E-state index in [1.165, 1.54) is 11.3 Å². The predicted molar refractivity (Wildman–Crippen MR) is 128 cm³/mol. The molecule has 0 bridgehead atoms. The van der Waals surface area contributed by atoms with Crippen LogP contribution in [0.2, 0.25) is 5.02 Å². The van der Waals surface area contributed by atoms with Crippen LogP contribution >= 0.6 is 46.0 Å². The summed E-state index contributed by atoms with van der Waals surface area (Å²) < 4.78 is 11.8. The Labute approximate surface area is 197 Å². The monoisotopic (exact) mass is 490 g/mol. The molecule has 0 fully saturated rings. The van der Waals surface area contributed by atoms with Gasteiger partial charge in [0.1, 0.15) is 23.1 Å². The predicted octanol–water partition coefficient (Wildman–Crippen LogP) is 6.14. The zero-order chi connectivity index (χ0) is 21.5. The largest absolute Gasteiger partial charge is 0.497 e. The summed E-state index contributed by atoms with van der Waals surface area (Å²) in [6, 6.07) is 15.3. The molecular formula is C21H19ClN4O2S3. The van der Waals surface area contributed by atoms with Crippen LogP contribution in [0.15, 0.2) is 58.3 Å². The Bertz CT molecular complexity index is 1100. The van der Waals surface area contributed by atoms with Crippen molar-refractivity contribution in [2.24, 2.45) is 0 Å². The van der Waals surface area contributed by atoms with Gasteiger partial charge in [-0.2, -0.15) is 0 Å². The Balaban J connectivity index is 1.22. The molecule has 10 heteroatoms. The van der Waals surface area contributed by atoms with E-state index in [0.29, 0.717) is 18.2 Å². The van der Waals surface area contributed by atoms with E-state index < -0.39 is 0 Å². The van der Waals surface area contributed by atoms with Crippen LogP contribution in [0.4, 0.5) is 5.13 Å². The number of halogens is 1. The van der Waals surface area contributed by atoms with Gasteiger partial charge >= 0.3 is 0 Å². The van der Waals surface area contributed by atoms with Crippen molar-refractivity contribution in [3.8, 4) is 11.5 Å². The molecular weight excluding hydrogens is 472 g/mol.